The third-order valence-electron chi connectivity index (χ3n) is 5.76. The number of hydrogen-bond donors (Lipinski definition) is 2. The fourth-order valence-electron chi connectivity index (χ4n) is 3.81. The Morgan fingerprint density at radius 3 is 2.33 bits per heavy atom. The third kappa shape index (κ3) is 4.58. The number of carbonyl (C=O) groups is 3. The van der Waals surface area contributed by atoms with Gasteiger partial charge in [0.15, 0.2) is 0 Å². The molecule has 170 valence electrons. The summed E-state index contributed by atoms with van der Waals surface area (Å²) in [7, 11) is 1.41. The van der Waals surface area contributed by atoms with Crippen LogP contribution in [0.4, 0.5) is 4.79 Å². The van der Waals surface area contributed by atoms with Crippen molar-refractivity contribution in [1.29, 1.82) is 0 Å². The molecule has 1 aliphatic rings. The van der Waals surface area contributed by atoms with Crippen LogP contribution in [-0.2, 0) is 16.1 Å². The molecule has 33 heavy (non-hydrogen) atoms. The molecule has 0 saturated carbocycles. The van der Waals surface area contributed by atoms with Gasteiger partial charge in [0.05, 0.1) is 6.54 Å². The number of benzene rings is 2. The van der Waals surface area contributed by atoms with Crippen LogP contribution in [0.15, 0.2) is 53.9 Å². The van der Waals surface area contributed by atoms with Crippen LogP contribution in [0.1, 0.15) is 39.5 Å². The number of carboxylic acid groups (broad SMARTS) is 1. The number of aliphatic carboxylic acids is 1. The van der Waals surface area contributed by atoms with E-state index in [-0.39, 0.29) is 24.8 Å². The van der Waals surface area contributed by atoms with Gasteiger partial charge in [-0.1, -0.05) is 48.5 Å². The van der Waals surface area contributed by atoms with Crippen molar-refractivity contribution in [2.24, 2.45) is 0 Å². The van der Waals surface area contributed by atoms with E-state index in [1.165, 1.54) is 25.3 Å². The highest BCUT2D eigenvalue weighted by molar-refractivity contribution is 7.09. The second-order valence-corrected chi connectivity index (χ2v) is 8.68. The number of ether oxygens (including phenoxy) is 1. The highest BCUT2D eigenvalue weighted by atomic mass is 32.1. The number of aromatic nitrogens is 1. The molecule has 0 saturated heterocycles. The number of carboxylic acids is 1. The number of fused-ring (bicyclic) bond motifs is 3. The van der Waals surface area contributed by atoms with Crippen LogP contribution < -0.4 is 5.32 Å². The topological polar surface area (TPSA) is 109 Å². The zero-order valence-corrected chi connectivity index (χ0v) is 19.0. The predicted molar refractivity (Wildman–Crippen MR) is 123 cm³/mol. The Morgan fingerprint density at radius 2 is 1.73 bits per heavy atom. The molecule has 0 fully saturated rings. The van der Waals surface area contributed by atoms with Gasteiger partial charge in [-0.2, -0.15) is 0 Å². The second kappa shape index (κ2) is 9.41. The molecule has 1 atom stereocenters. The Bertz CT molecular complexity index is 1160. The van der Waals surface area contributed by atoms with Crippen molar-refractivity contribution < 1.29 is 24.2 Å². The molecule has 2 N–H and O–H groups in total. The number of hydrogen-bond acceptors (Lipinski definition) is 6. The molecular formula is C24H23N3O5S. The fraction of sp³-hybridized carbons (Fsp3) is 0.250. The van der Waals surface area contributed by atoms with E-state index in [4.69, 9.17) is 9.84 Å². The molecule has 1 aliphatic carbocycles. The van der Waals surface area contributed by atoms with Gasteiger partial charge in [0.2, 0.25) is 0 Å². The molecule has 2 aromatic carbocycles. The van der Waals surface area contributed by atoms with E-state index in [1.807, 2.05) is 24.3 Å². The molecule has 0 bridgehead atoms. The maximum Gasteiger partial charge on any atom is 0.407 e. The van der Waals surface area contributed by atoms with E-state index in [0.29, 0.717) is 5.01 Å². The van der Waals surface area contributed by atoms with Crippen LogP contribution in [-0.4, -0.2) is 52.7 Å². The van der Waals surface area contributed by atoms with Gasteiger partial charge in [-0.05, 0) is 29.2 Å². The summed E-state index contributed by atoms with van der Waals surface area (Å²) < 4.78 is 5.50. The molecule has 2 amide bonds. The van der Waals surface area contributed by atoms with E-state index in [9.17, 15) is 14.4 Å². The summed E-state index contributed by atoms with van der Waals surface area (Å²) >= 11 is 1.21. The Hall–Kier alpha value is -3.72. The molecule has 4 rings (SSSR count). The quantitative estimate of drug-likeness (QED) is 0.550. The van der Waals surface area contributed by atoms with Crippen molar-refractivity contribution in [3.8, 4) is 11.1 Å². The lowest BCUT2D eigenvalue weighted by atomic mass is 9.98. The Labute approximate surface area is 194 Å². The van der Waals surface area contributed by atoms with Crippen LogP contribution in [0.2, 0.25) is 0 Å². The van der Waals surface area contributed by atoms with Crippen LogP contribution in [0.5, 0.6) is 0 Å². The summed E-state index contributed by atoms with van der Waals surface area (Å²) in [5.74, 6) is -1.62. The van der Waals surface area contributed by atoms with Crippen molar-refractivity contribution >= 4 is 29.3 Å². The molecular weight excluding hydrogens is 442 g/mol. The molecule has 3 aromatic rings. The molecule has 0 radical (unpaired) electrons. The molecule has 0 spiro atoms. The first-order valence-corrected chi connectivity index (χ1v) is 11.3. The highest BCUT2D eigenvalue weighted by Gasteiger charge is 2.29. The molecule has 8 nitrogen and oxygen atoms in total. The number of thiazole rings is 1. The summed E-state index contributed by atoms with van der Waals surface area (Å²) in [6.07, 6.45) is -0.573. The lowest BCUT2D eigenvalue weighted by Crippen LogP contribution is -2.40. The van der Waals surface area contributed by atoms with Gasteiger partial charge in [-0.25, -0.2) is 14.6 Å². The smallest absolute Gasteiger partial charge is 0.407 e. The summed E-state index contributed by atoms with van der Waals surface area (Å²) in [4.78, 5) is 41.1. The normalized spacial score (nSPS) is 13.0. The molecule has 1 aromatic heterocycles. The van der Waals surface area contributed by atoms with Crippen molar-refractivity contribution in [2.75, 3.05) is 13.7 Å². The van der Waals surface area contributed by atoms with E-state index < -0.39 is 24.0 Å². The number of nitrogens with zero attached hydrogens (tertiary/aromatic N) is 2. The van der Waals surface area contributed by atoms with E-state index in [1.54, 1.807) is 5.38 Å². The minimum absolute atomic E-state index is 0.0287. The lowest BCUT2D eigenvalue weighted by Gasteiger charge is -2.20. The first kappa shape index (κ1) is 22.5. The zero-order valence-electron chi connectivity index (χ0n) is 18.1. The Morgan fingerprint density at radius 1 is 1.12 bits per heavy atom. The standard InChI is InChI=1S/C24H23N3O5S/c1-14(23(29)30)27(2)22(28)20-13-33-21(26-20)11-25-24(31)32-12-19-17-9-5-3-7-15(17)16-8-4-6-10-18(16)19/h3-10,13-14,19H,11-12H2,1-2H3,(H,25,31)(H,29,30). The van der Waals surface area contributed by atoms with Crippen LogP contribution in [0, 0.1) is 0 Å². The fourth-order valence-corrected chi connectivity index (χ4v) is 4.52. The predicted octanol–water partition coefficient (Wildman–Crippen LogP) is 3.73. The lowest BCUT2D eigenvalue weighted by molar-refractivity contribution is -0.141. The molecule has 9 heteroatoms. The minimum atomic E-state index is -1.10. The molecule has 0 aliphatic heterocycles. The number of carbonyl (C=O) groups excluding carboxylic acids is 2. The van der Waals surface area contributed by atoms with Gasteiger partial charge in [0, 0.05) is 18.3 Å². The van der Waals surface area contributed by atoms with Gasteiger partial charge in [-0.3, -0.25) is 4.79 Å². The number of likely N-dealkylation sites (N-methyl/N-ethyl adjacent to an activating group) is 1. The van der Waals surface area contributed by atoms with Crippen LogP contribution in [0.25, 0.3) is 11.1 Å². The molecule has 1 heterocycles. The summed E-state index contributed by atoms with van der Waals surface area (Å²) in [5, 5.41) is 13.8. The van der Waals surface area contributed by atoms with Gasteiger partial charge >= 0.3 is 12.1 Å². The first-order chi connectivity index (χ1) is 15.9. The summed E-state index contributed by atoms with van der Waals surface area (Å²) in [6, 6.07) is 15.2. The van der Waals surface area contributed by atoms with Crippen molar-refractivity contribution in [2.45, 2.75) is 25.4 Å². The van der Waals surface area contributed by atoms with Gasteiger partial charge in [0.1, 0.15) is 23.4 Å². The number of alkyl carbamates (subject to hydrolysis) is 1. The third-order valence-corrected chi connectivity index (χ3v) is 6.61. The van der Waals surface area contributed by atoms with Gasteiger partial charge in [0.25, 0.3) is 5.91 Å². The van der Waals surface area contributed by atoms with Gasteiger partial charge < -0.3 is 20.1 Å². The summed E-state index contributed by atoms with van der Waals surface area (Å²) in [6.45, 7) is 1.73. The van der Waals surface area contributed by atoms with Crippen molar-refractivity contribution in [3.63, 3.8) is 0 Å². The Balaban J connectivity index is 1.33. The maximum absolute atomic E-state index is 12.4. The van der Waals surface area contributed by atoms with E-state index in [0.717, 1.165) is 27.2 Å². The molecule has 1 unspecified atom stereocenters. The van der Waals surface area contributed by atoms with Crippen molar-refractivity contribution in [1.82, 2.24) is 15.2 Å². The van der Waals surface area contributed by atoms with E-state index >= 15 is 0 Å². The van der Waals surface area contributed by atoms with Gasteiger partial charge in [-0.15, -0.1) is 11.3 Å². The SMILES string of the molecule is CC(C(=O)O)N(C)C(=O)c1csc(CNC(=O)OCC2c3ccccc3-c3ccccc32)n1. The average Bonchev–Trinajstić information content (AvgIpc) is 3.43. The minimum Gasteiger partial charge on any atom is -0.480 e. The maximum atomic E-state index is 12.4. The van der Waals surface area contributed by atoms with E-state index in [2.05, 4.69) is 34.6 Å². The summed E-state index contributed by atoms with van der Waals surface area (Å²) in [5.41, 5.74) is 4.72. The highest BCUT2D eigenvalue weighted by Crippen LogP contribution is 2.44. The number of nitrogens with one attached hydrogen (secondary N) is 1. The monoisotopic (exact) mass is 465 g/mol. The Kier molecular flexibility index (Phi) is 6.41. The zero-order chi connectivity index (χ0) is 23.5. The largest absolute Gasteiger partial charge is 0.480 e. The van der Waals surface area contributed by atoms with Crippen molar-refractivity contribution in [3.05, 3.63) is 75.7 Å². The van der Waals surface area contributed by atoms with Crippen LogP contribution >= 0.6 is 11.3 Å². The number of amides is 2. The average molecular weight is 466 g/mol. The number of rotatable bonds is 7. The first-order valence-electron chi connectivity index (χ1n) is 10.4. The van der Waals surface area contributed by atoms with Crippen LogP contribution in [0.3, 0.4) is 0 Å². The second-order valence-electron chi connectivity index (χ2n) is 7.74.